The van der Waals surface area contributed by atoms with Gasteiger partial charge in [0.25, 0.3) is 11.8 Å². The average molecular weight is 486 g/mol. The fourth-order valence-electron chi connectivity index (χ4n) is 4.55. The van der Waals surface area contributed by atoms with Crippen molar-refractivity contribution in [2.45, 2.75) is 70.6 Å². The Morgan fingerprint density at radius 2 is 2.00 bits per heavy atom. The average Bonchev–Trinajstić information content (AvgIpc) is 2.81. The molecule has 3 aliphatic rings. The maximum atomic E-state index is 14.6. The maximum Gasteiger partial charge on any atom is 0.410 e. The zero-order chi connectivity index (χ0) is 25.2. The topological polar surface area (TPSA) is 112 Å². The molecule has 4 rings (SSSR count). The predicted molar refractivity (Wildman–Crippen MR) is 126 cm³/mol. The molecule has 0 saturated carbocycles. The van der Waals surface area contributed by atoms with Gasteiger partial charge in [-0.2, -0.15) is 5.11 Å². The largest absolute Gasteiger partial charge is 0.444 e. The van der Waals surface area contributed by atoms with E-state index in [0.29, 0.717) is 44.3 Å². The maximum absolute atomic E-state index is 14.6. The summed E-state index contributed by atoms with van der Waals surface area (Å²) in [5.41, 5.74) is 1.57. The van der Waals surface area contributed by atoms with Crippen LogP contribution in [0.2, 0.25) is 0 Å². The Morgan fingerprint density at radius 1 is 1.26 bits per heavy atom. The molecule has 3 heterocycles. The normalized spacial score (nSPS) is 20.9. The molecule has 1 unspecified atom stereocenters. The summed E-state index contributed by atoms with van der Waals surface area (Å²) in [5.74, 6) is -1.40. The Labute approximate surface area is 204 Å². The molecule has 9 nitrogen and oxygen atoms in total. The van der Waals surface area contributed by atoms with Gasteiger partial charge in [0.15, 0.2) is 0 Å². The molecule has 0 aromatic heterocycles. The highest BCUT2D eigenvalue weighted by atomic mass is 19.1. The SMILES string of the molecule is CC(C)(C)OC(=O)N1CCC(NC(=O)c2cc(CC3N=NC(=O)C4=C3NCCC4)ccc2F)CC1. The predicted octanol–water partition coefficient (Wildman–Crippen LogP) is 3.50. The summed E-state index contributed by atoms with van der Waals surface area (Å²) in [7, 11) is 0. The van der Waals surface area contributed by atoms with Crippen LogP contribution >= 0.6 is 0 Å². The zero-order valence-corrected chi connectivity index (χ0v) is 20.4. The van der Waals surface area contributed by atoms with Crippen LogP contribution in [0.25, 0.3) is 0 Å². The summed E-state index contributed by atoms with van der Waals surface area (Å²) in [6.45, 7) is 7.13. The highest BCUT2D eigenvalue weighted by Crippen LogP contribution is 2.27. The van der Waals surface area contributed by atoms with Gasteiger partial charge >= 0.3 is 6.09 Å². The van der Waals surface area contributed by atoms with E-state index < -0.39 is 17.3 Å². The van der Waals surface area contributed by atoms with Gasteiger partial charge in [0.05, 0.1) is 5.56 Å². The van der Waals surface area contributed by atoms with E-state index in [2.05, 4.69) is 20.9 Å². The number of piperidine rings is 1. The number of halogens is 1. The van der Waals surface area contributed by atoms with Crippen LogP contribution in [0.15, 0.2) is 39.7 Å². The summed E-state index contributed by atoms with van der Waals surface area (Å²) in [6.07, 6.45) is 2.69. The van der Waals surface area contributed by atoms with Gasteiger partial charge < -0.3 is 20.3 Å². The number of hydrogen-bond acceptors (Lipinski definition) is 6. The minimum Gasteiger partial charge on any atom is -0.444 e. The van der Waals surface area contributed by atoms with Gasteiger partial charge in [-0.1, -0.05) is 6.07 Å². The lowest BCUT2D eigenvalue weighted by Gasteiger charge is -2.33. The van der Waals surface area contributed by atoms with E-state index in [1.165, 1.54) is 12.1 Å². The number of carbonyl (C=O) groups is 3. The van der Waals surface area contributed by atoms with Crippen LogP contribution in [0, 0.1) is 5.82 Å². The number of benzene rings is 1. The molecule has 0 radical (unpaired) electrons. The van der Waals surface area contributed by atoms with Gasteiger partial charge in [0.1, 0.15) is 17.5 Å². The third-order valence-electron chi connectivity index (χ3n) is 6.31. The molecule has 2 N–H and O–H groups in total. The molecule has 1 atom stereocenters. The number of ether oxygens (including phenoxy) is 1. The lowest BCUT2D eigenvalue weighted by molar-refractivity contribution is -0.115. The Balaban J connectivity index is 1.37. The van der Waals surface area contributed by atoms with Gasteiger partial charge in [-0.25, -0.2) is 9.18 Å². The molecule has 1 saturated heterocycles. The third-order valence-corrected chi connectivity index (χ3v) is 6.31. The first-order chi connectivity index (χ1) is 16.6. The van der Waals surface area contributed by atoms with E-state index in [-0.39, 0.29) is 29.6 Å². The summed E-state index contributed by atoms with van der Waals surface area (Å²) >= 11 is 0. The fourth-order valence-corrected chi connectivity index (χ4v) is 4.55. The second kappa shape index (κ2) is 10.1. The molecule has 188 valence electrons. The van der Waals surface area contributed by atoms with Gasteiger partial charge in [-0.3, -0.25) is 9.59 Å². The molecule has 1 aromatic rings. The van der Waals surface area contributed by atoms with Crippen molar-refractivity contribution in [2.75, 3.05) is 19.6 Å². The number of hydrogen-bond donors (Lipinski definition) is 2. The van der Waals surface area contributed by atoms with Crippen molar-refractivity contribution in [1.82, 2.24) is 15.5 Å². The Morgan fingerprint density at radius 3 is 2.71 bits per heavy atom. The Kier molecular flexibility index (Phi) is 7.18. The number of nitrogens with one attached hydrogen (secondary N) is 2. The van der Waals surface area contributed by atoms with Crippen LogP contribution in [0.5, 0.6) is 0 Å². The first-order valence-corrected chi connectivity index (χ1v) is 12.1. The van der Waals surface area contributed by atoms with Crippen LogP contribution in [-0.4, -0.2) is 60.1 Å². The molecule has 0 aliphatic carbocycles. The lowest BCUT2D eigenvalue weighted by atomic mass is 9.93. The highest BCUT2D eigenvalue weighted by molar-refractivity contribution is 5.96. The quantitative estimate of drug-likeness (QED) is 0.678. The van der Waals surface area contributed by atoms with Crippen LogP contribution in [-0.2, 0) is 16.0 Å². The minimum absolute atomic E-state index is 0.0355. The fraction of sp³-hybridized carbons (Fsp3) is 0.560. The van der Waals surface area contributed by atoms with Crippen LogP contribution in [0.3, 0.4) is 0 Å². The van der Waals surface area contributed by atoms with Crippen molar-refractivity contribution in [1.29, 1.82) is 0 Å². The van der Waals surface area contributed by atoms with Gasteiger partial charge in [0, 0.05) is 43.4 Å². The second-order valence-corrected chi connectivity index (χ2v) is 10.2. The summed E-state index contributed by atoms with van der Waals surface area (Å²) in [4.78, 5) is 38.8. The van der Waals surface area contributed by atoms with Gasteiger partial charge in [-0.15, -0.1) is 5.11 Å². The van der Waals surface area contributed by atoms with Crippen molar-refractivity contribution in [2.24, 2.45) is 10.2 Å². The summed E-state index contributed by atoms with van der Waals surface area (Å²) in [5, 5.41) is 14.1. The Hall–Kier alpha value is -3.30. The molecular formula is C25H32FN5O4. The standard InChI is InChI=1S/C25H32FN5O4/c1-25(2,3)35-24(34)31-11-8-16(9-12-31)28-22(32)18-13-15(6-7-19(18)26)14-20-21-17(5-4-10-27-21)23(33)30-29-20/h6-7,13,16,20,27H,4-5,8-12,14H2,1-3H3,(H,28,32). The van der Waals surface area contributed by atoms with Crippen molar-refractivity contribution in [3.8, 4) is 0 Å². The molecule has 10 heteroatoms. The molecule has 0 bridgehead atoms. The van der Waals surface area contributed by atoms with Crippen LogP contribution < -0.4 is 10.6 Å². The summed E-state index contributed by atoms with van der Waals surface area (Å²) < 4.78 is 20.0. The zero-order valence-electron chi connectivity index (χ0n) is 20.4. The number of carbonyl (C=O) groups excluding carboxylic acids is 3. The highest BCUT2D eigenvalue weighted by Gasteiger charge is 2.30. The monoisotopic (exact) mass is 485 g/mol. The van der Waals surface area contributed by atoms with Gasteiger partial charge in [-0.05, 0) is 64.2 Å². The van der Waals surface area contributed by atoms with E-state index in [1.807, 2.05) is 20.8 Å². The Bertz CT molecular complexity index is 1070. The molecule has 35 heavy (non-hydrogen) atoms. The molecule has 1 aromatic carbocycles. The molecular weight excluding hydrogens is 453 g/mol. The van der Waals surface area contributed by atoms with E-state index in [1.54, 1.807) is 11.0 Å². The van der Waals surface area contributed by atoms with E-state index in [0.717, 1.165) is 24.2 Å². The summed E-state index contributed by atoms with van der Waals surface area (Å²) in [6, 6.07) is 3.92. The number of rotatable bonds is 4. The van der Waals surface area contributed by atoms with E-state index in [9.17, 15) is 18.8 Å². The van der Waals surface area contributed by atoms with Crippen LogP contribution in [0.1, 0.15) is 62.4 Å². The number of amides is 3. The molecule has 3 aliphatic heterocycles. The van der Waals surface area contributed by atoms with Crippen molar-refractivity contribution in [3.63, 3.8) is 0 Å². The van der Waals surface area contributed by atoms with Gasteiger partial charge in [0.2, 0.25) is 0 Å². The molecule has 0 spiro atoms. The van der Waals surface area contributed by atoms with Crippen molar-refractivity contribution >= 4 is 17.9 Å². The number of likely N-dealkylation sites (tertiary alicyclic amines) is 1. The van der Waals surface area contributed by atoms with E-state index in [4.69, 9.17) is 4.74 Å². The second-order valence-electron chi connectivity index (χ2n) is 10.2. The number of nitrogens with zero attached hydrogens (tertiary/aromatic N) is 3. The third kappa shape index (κ3) is 6.04. The first kappa shape index (κ1) is 24.8. The minimum atomic E-state index is -0.603. The van der Waals surface area contributed by atoms with Crippen molar-refractivity contribution in [3.05, 3.63) is 46.4 Å². The van der Waals surface area contributed by atoms with Crippen LogP contribution in [0.4, 0.5) is 9.18 Å². The molecule has 1 fully saturated rings. The van der Waals surface area contributed by atoms with Crippen molar-refractivity contribution < 1.29 is 23.5 Å². The molecule has 3 amide bonds. The number of azo groups is 1. The smallest absolute Gasteiger partial charge is 0.410 e. The van der Waals surface area contributed by atoms with E-state index >= 15 is 0 Å². The lowest BCUT2D eigenvalue weighted by Crippen LogP contribution is -2.47. The first-order valence-electron chi connectivity index (χ1n) is 12.1.